The van der Waals surface area contributed by atoms with E-state index < -0.39 is 5.97 Å². The zero-order chi connectivity index (χ0) is 10.7. The lowest BCUT2D eigenvalue weighted by Crippen LogP contribution is -2.09. The van der Waals surface area contributed by atoms with Crippen LogP contribution in [-0.2, 0) is 4.79 Å². The zero-order valence-corrected chi connectivity index (χ0v) is 8.52. The summed E-state index contributed by atoms with van der Waals surface area (Å²) in [4.78, 5) is 10.7. The predicted octanol–water partition coefficient (Wildman–Crippen LogP) is 2.97. The summed E-state index contributed by atoms with van der Waals surface area (Å²) in [5.74, 6) is -0.268. The lowest BCUT2D eigenvalue weighted by Gasteiger charge is -2.20. The second kappa shape index (κ2) is 4.30. The number of hydrogen-bond acceptors (Lipinski definition) is 1. The molecule has 0 fully saturated rings. The fraction of sp³-hybridized carbons (Fsp3) is 0.308. The van der Waals surface area contributed by atoms with Crippen LogP contribution in [0.5, 0.6) is 0 Å². The van der Waals surface area contributed by atoms with Gasteiger partial charge in [0.2, 0.25) is 0 Å². The van der Waals surface area contributed by atoms with E-state index in [-0.39, 0.29) is 0 Å². The molecule has 0 aliphatic heterocycles. The Bertz CT molecular complexity index is 379. The van der Waals surface area contributed by atoms with Gasteiger partial charge in [0.05, 0.1) is 0 Å². The smallest absolute Gasteiger partial charge is 0.331 e. The van der Waals surface area contributed by atoms with Crippen LogP contribution in [0.15, 0.2) is 42.0 Å². The van der Waals surface area contributed by atoms with E-state index in [1.807, 2.05) is 24.3 Å². The molecule has 1 aliphatic carbocycles. The van der Waals surface area contributed by atoms with E-state index in [1.54, 1.807) is 0 Å². The number of carboxylic acid groups (broad SMARTS) is 1. The molecule has 0 aromatic heterocycles. The van der Waals surface area contributed by atoms with Gasteiger partial charge < -0.3 is 5.11 Å². The molecule has 1 atom stereocenters. The van der Waals surface area contributed by atoms with Gasteiger partial charge in [0.25, 0.3) is 0 Å². The van der Waals surface area contributed by atoms with Crippen molar-refractivity contribution in [2.24, 2.45) is 0 Å². The van der Waals surface area contributed by atoms with Gasteiger partial charge in [-0.15, -0.1) is 0 Å². The summed E-state index contributed by atoms with van der Waals surface area (Å²) in [6, 6.07) is 10.3. The van der Waals surface area contributed by atoms with Crippen molar-refractivity contribution in [3.63, 3.8) is 0 Å². The molecule has 2 heteroatoms. The van der Waals surface area contributed by atoms with E-state index in [1.165, 1.54) is 5.56 Å². The molecule has 2 nitrogen and oxygen atoms in total. The maximum Gasteiger partial charge on any atom is 0.331 e. The van der Waals surface area contributed by atoms with Crippen molar-refractivity contribution in [3.05, 3.63) is 47.5 Å². The Balaban J connectivity index is 2.09. The summed E-state index contributed by atoms with van der Waals surface area (Å²) >= 11 is 0. The summed E-state index contributed by atoms with van der Waals surface area (Å²) in [6.45, 7) is 0. The Labute approximate surface area is 89.2 Å². The minimum Gasteiger partial charge on any atom is -0.478 e. The van der Waals surface area contributed by atoms with E-state index >= 15 is 0 Å². The average molecular weight is 202 g/mol. The molecule has 0 saturated carbocycles. The van der Waals surface area contributed by atoms with Crippen molar-refractivity contribution in [1.29, 1.82) is 0 Å². The van der Waals surface area contributed by atoms with Crippen molar-refractivity contribution in [1.82, 2.24) is 0 Å². The minimum absolute atomic E-state index is 0.495. The molecule has 15 heavy (non-hydrogen) atoms. The Kier molecular flexibility index (Phi) is 2.86. The Morgan fingerprint density at radius 3 is 2.53 bits per heavy atom. The molecule has 0 amide bonds. The molecule has 0 heterocycles. The van der Waals surface area contributed by atoms with Gasteiger partial charge in [0.1, 0.15) is 0 Å². The molecule has 2 rings (SSSR count). The lowest BCUT2D eigenvalue weighted by atomic mass is 9.85. The van der Waals surface area contributed by atoms with Crippen LogP contribution >= 0.6 is 0 Å². The van der Waals surface area contributed by atoms with Gasteiger partial charge in [-0.05, 0) is 30.7 Å². The van der Waals surface area contributed by atoms with Gasteiger partial charge in [-0.1, -0.05) is 36.4 Å². The quantitative estimate of drug-likeness (QED) is 0.800. The number of rotatable bonds is 2. The highest BCUT2D eigenvalue weighted by molar-refractivity contribution is 5.86. The standard InChI is InChI=1S/C13H14O2/c14-13(15)12-8-6-11(7-9-12)10-4-2-1-3-5-10/h1-5,8,11H,6-7,9H2,(H,14,15). The summed E-state index contributed by atoms with van der Waals surface area (Å²) in [5, 5.41) is 8.83. The highest BCUT2D eigenvalue weighted by Gasteiger charge is 2.18. The average Bonchev–Trinajstić information content (AvgIpc) is 2.30. The number of aliphatic carboxylic acids is 1. The number of hydrogen-bond donors (Lipinski definition) is 1. The number of carboxylic acids is 1. The molecule has 1 aliphatic rings. The second-order valence-electron chi connectivity index (χ2n) is 3.92. The second-order valence-corrected chi connectivity index (χ2v) is 3.92. The number of allylic oxidation sites excluding steroid dienone is 1. The molecule has 1 N–H and O–H groups in total. The van der Waals surface area contributed by atoms with Crippen LogP contribution in [0.4, 0.5) is 0 Å². The number of benzene rings is 1. The molecule has 0 spiro atoms. The Morgan fingerprint density at radius 2 is 2.00 bits per heavy atom. The first-order valence-electron chi connectivity index (χ1n) is 5.24. The largest absolute Gasteiger partial charge is 0.478 e. The van der Waals surface area contributed by atoms with Crippen LogP contribution in [0.1, 0.15) is 30.7 Å². The predicted molar refractivity (Wildman–Crippen MR) is 58.8 cm³/mol. The molecule has 0 saturated heterocycles. The minimum atomic E-state index is -0.762. The highest BCUT2D eigenvalue weighted by Crippen LogP contribution is 2.31. The SMILES string of the molecule is O=C(O)C1=CCC(c2ccccc2)CC1. The van der Waals surface area contributed by atoms with Crippen molar-refractivity contribution < 1.29 is 9.90 Å². The van der Waals surface area contributed by atoms with E-state index in [0.717, 1.165) is 12.8 Å². The van der Waals surface area contributed by atoms with Gasteiger partial charge >= 0.3 is 5.97 Å². The van der Waals surface area contributed by atoms with E-state index in [9.17, 15) is 4.79 Å². The van der Waals surface area contributed by atoms with Crippen LogP contribution in [0.2, 0.25) is 0 Å². The van der Waals surface area contributed by atoms with Crippen molar-refractivity contribution in [2.45, 2.75) is 25.2 Å². The van der Waals surface area contributed by atoms with Gasteiger partial charge in [0, 0.05) is 5.57 Å². The van der Waals surface area contributed by atoms with Crippen molar-refractivity contribution in [3.8, 4) is 0 Å². The number of carbonyl (C=O) groups is 1. The van der Waals surface area contributed by atoms with E-state index in [0.29, 0.717) is 17.9 Å². The summed E-state index contributed by atoms with van der Waals surface area (Å²) < 4.78 is 0. The topological polar surface area (TPSA) is 37.3 Å². The van der Waals surface area contributed by atoms with Crippen molar-refractivity contribution >= 4 is 5.97 Å². The fourth-order valence-electron chi connectivity index (χ4n) is 2.06. The maximum absolute atomic E-state index is 10.7. The molecule has 1 aromatic rings. The molecule has 0 radical (unpaired) electrons. The maximum atomic E-state index is 10.7. The van der Waals surface area contributed by atoms with Gasteiger partial charge in [-0.25, -0.2) is 4.79 Å². The zero-order valence-electron chi connectivity index (χ0n) is 8.52. The van der Waals surface area contributed by atoms with E-state index in [2.05, 4.69) is 12.1 Å². The summed E-state index contributed by atoms with van der Waals surface area (Å²) in [7, 11) is 0. The van der Waals surface area contributed by atoms with Gasteiger partial charge in [-0.3, -0.25) is 0 Å². The first-order chi connectivity index (χ1) is 7.27. The summed E-state index contributed by atoms with van der Waals surface area (Å²) in [5.41, 5.74) is 1.89. The molecular weight excluding hydrogens is 188 g/mol. The Morgan fingerprint density at radius 1 is 1.27 bits per heavy atom. The van der Waals surface area contributed by atoms with Crippen LogP contribution in [0.3, 0.4) is 0 Å². The Hall–Kier alpha value is -1.57. The monoisotopic (exact) mass is 202 g/mol. The molecule has 78 valence electrons. The third-order valence-corrected chi connectivity index (χ3v) is 2.96. The first-order valence-corrected chi connectivity index (χ1v) is 5.24. The van der Waals surface area contributed by atoms with Crippen LogP contribution < -0.4 is 0 Å². The van der Waals surface area contributed by atoms with E-state index in [4.69, 9.17) is 5.11 Å². The van der Waals surface area contributed by atoms with Gasteiger partial charge in [0.15, 0.2) is 0 Å². The van der Waals surface area contributed by atoms with Crippen LogP contribution in [0, 0.1) is 0 Å². The highest BCUT2D eigenvalue weighted by atomic mass is 16.4. The first kappa shape index (κ1) is 9.97. The fourth-order valence-corrected chi connectivity index (χ4v) is 2.06. The molecule has 1 unspecified atom stereocenters. The third kappa shape index (κ3) is 2.27. The van der Waals surface area contributed by atoms with Gasteiger partial charge in [-0.2, -0.15) is 0 Å². The molecule has 0 bridgehead atoms. The summed E-state index contributed by atoms with van der Waals surface area (Å²) in [6.07, 6.45) is 4.35. The van der Waals surface area contributed by atoms with Crippen LogP contribution in [0.25, 0.3) is 0 Å². The molecule has 1 aromatic carbocycles. The third-order valence-electron chi connectivity index (χ3n) is 2.96. The van der Waals surface area contributed by atoms with Crippen molar-refractivity contribution in [2.75, 3.05) is 0 Å². The molecular formula is C13H14O2. The van der Waals surface area contributed by atoms with Crippen LogP contribution in [-0.4, -0.2) is 11.1 Å². The normalized spacial score (nSPS) is 20.8. The lowest BCUT2D eigenvalue weighted by molar-refractivity contribution is -0.132.